The Kier molecular flexibility index (Phi) is 11.5. The zero-order valence-electron chi connectivity index (χ0n) is 24.9. The molecule has 1 atom stereocenters. The number of sulfonamides is 1. The van der Waals surface area contributed by atoms with Crippen LogP contribution in [0.5, 0.6) is 0 Å². The summed E-state index contributed by atoms with van der Waals surface area (Å²) in [6, 6.07) is 17.6. The maximum atomic E-state index is 14.1. The third kappa shape index (κ3) is 8.49. The van der Waals surface area contributed by atoms with Crippen LogP contribution in [0.25, 0.3) is 0 Å². The van der Waals surface area contributed by atoms with Crippen molar-refractivity contribution in [2.45, 2.75) is 64.9 Å². The zero-order valence-corrected chi connectivity index (χ0v) is 27.2. The second-order valence-corrected chi connectivity index (χ2v) is 13.8. The van der Waals surface area contributed by atoms with Gasteiger partial charge in [0.05, 0.1) is 10.6 Å². The molecule has 0 aliphatic heterocycles. The Morgan fingerprint density at radius 2 is 1.50 bits per heavy atom. The Morgan fingerprint density at radius 1 is 0.881 bits per heavy atom. The largest absolute Gasteiger partial charge is 0.354 e. The van der Waals surface area contributed by atoms with Gasteiger partial charge >= 0.3 is 0 Å². The molecule has 0 aromatic heterocycles. The van der Waals surface area contributed by atoms with Gasteiger partial charge in [-0.25, -0.2) is 8.42 Å². The van der Waals surface area contributed by atoms with Crippen molar-refractivity contribution < 1.29 is 18.0 Å². The van der Waals surface area contributed by atoms with Crippen molar-refractivity contribution in [3.8, 4) is 0 Å². The number of aryl methyl sites for hydroxylation is 1. The van der Waals surface area contributed by atoms with Gasteiger partial charge in [0.25, 0.3) is 10.0 Å². The minimum atomic E-state index is -4.14. The number of carbonyl (C=O) groups is 2. The summed E-state index contributed by atoms with van der Waals surface area (Å²) in [5, 5.41) is 3.64. The summed E-state index contributed by atoms with van der Waals surface area (Å²) >= 11 is 12.5. The standard InChI is InChI=1S/C32H39Cl2N3O4S/c1-21(2)18-35-32(39)24(6)36(19-26-9-12-27(33)17-30(26)34)31(38)20-37(28-13-10-25(11-14-28)22(3)4)42(40,41)29-15-7-23(5)8-16-29/h7-17,21-22,24H,18-20H2,1-6H3,(H,35,39)/t24-/m0/s1. The fourth-order valence-electron chi connectivity index (χ4n) is 4.26. The van der Waals surface area contributed by atoms with Crippen LogP contribution in [0.2, 0.25) is 10.0 Å². The van der Waals surface area contributed by atoms with Crippen molar-refractivity contribution in [3.63, 3.8) is 0 Å². The fraction of sp³-hybridized carbons (Fsp3) is 0.375. The molecule has 0 spiro atoms. The molecule has 42 heavy (non-hydrogen) atoms. The number of amides is 2. The van der Waals surface area contributed by atoms with Crippen LogP contribution in [0.4, 0.5) is 5.69 Å². The fourth-order valence-corrected chi connectivity index (χ4v) is 6.14. The summed E-state index contributed by atoms with van der Waals surface area (Å²) in [5.74, 6) is -0.458. The summed E-state index contributed by atoms with van der Waals surface area (Å²) in [6.07, 6.45) is 0. The molecule has 0 aliphatic carbocycles. The highest BCUT2D eigenvalue weighted by Gasteiger charge is 2.33. The van der Waals surface area contributed by atoms with Gasteiger partial charge in [-0.1, -0.05) is 86.8 Å². The maximum Gasteiger partial charge on any atom is 0.264 e. The number of hydrogen-bond donors (Lipinski definition) is 1. The molecule has 10 heteroatoms. The average molecular weight is 633 g/mol. The lowest BCUT2D eigenvalue weighted by Crippen LogP contribution is -2.51. The Morgan fingerprint density at radius 3 is 2.05 bits per heavy atom. The van der Waals surface area contributed by atoms with E-state index in [1.54, 1.807) is 49.4 Å². The van der Waals surface area contributed by atoms with E-state index in [0.29, 0.717) is 27.8 Å². The van der Waals surface area contributed by atoms with E-state index < -0.39 is 28.5 Å². The van der Waals surface area contributed by atoms with Crippen LogP contribution in [0, 0.1) is 12.8 Å². The molecule has 0 unspecified atom stereocenters. The first kappa shape index (κ1) is 33.4. The highest BCUT2D eigenvalue weighted by Crippen LogP contribution is 2.28. The molecule has 0 fully saturated rings. The van der Waals surface area contributed by atoms with E-state index in [2.05, 4.69) is 5.32 Å². The maximum absolute atomic E-state index is 14.1. The van der Waals surface area contributed by atoms with E-state index in [1.807, 2.05) is 46.8 Å². The second-order valence-electron chi connectivity index (χ2n) is 11.1. The van der Waals surface area contributed by atoms with Crippen LogP contribution >= 0.6 is 23.2 Å². The Hall–Kier alpha value is -3.07. The van der Waals surface area contributed by atoms with Gasteiger partial charge in [0.1, 0.15) is 12.6 Å². The number of hydrogen-bond acceptors (Lipinski definition) is 4. The number of benzene rings is 3. The van der Waals surface area contributed by atoms with Gasteiger partial charge in [-0.3, -0.25) is 13.9 Å². The molecule has 0 bridgehead atoms. The molecule has 3 aromatic carbocycles. The number of halogens is 2. The van der Waals surface area contributed by atoms with Gasteiger partial charge < -0.3 is 10.2 Å². The molecule has 0 saturated carbocycles. The van der Waals surface area contributed by atoms with Gasteiger partial charge in [-0.2, -0.15) is 0 Å². The Balaban J connectivity index is 2.05. The number of nitrogens with zero attached hydrogens (tertiary/aromatic N) is 2. The molecular formula is C32H39Cl2N3O4S. The summed E-state index contributed by atoms with van der Waals surface area (Å²) in [6.45, 7) is 11.4. The minimum absolute atomic E-state index is 0.0180. The lowest BCUT2D eigenvalue weighted by Gasteiger charge is -2.32. The predicted octanol–water partition coefficient (Wildman–Crippen LogP) is 6.81. The first-order valence-electron chi connectivity index (χ1n) is 13.9. The number of nitrogens with one attached hydrogen (secondary N) is 1. The smallest absolute Gasteiger partial charge is 0.264 e. The molecule has 0 radical (unpaired) electrons. The van der Waals surface area contributed by atoms with Crippen LogP contribution in [0.1, 0.15) is 57.2 Å². The van der Waals surface area contributed by atoms with Crippen molar-refractivity contribution in [2.75, 3.05) is 17.4 Å². The first-order valence-corrected chi connectivity index (χ1v) is 16.1. The molecule has 3 aromatic rings. The highest BCUT2D eigenvalue weighted by atomic mass is 35.5. The molecule has 0 aliphatic rings. The minimum Gasteiger partial charge on any atom is -0.354 e. The van der Waals surface area contributed by atoms with Crippen LogP contribution in [0.15, 0.2) is 71.6 Å². The Bertz CT molecular complexity index is 1490. The third-order valence-corrected chi connectivity index (χ3v) is 9.32. The number of anilines is 1. The molecule has 7 nitrogen and oxygen atoms in total. The quantitative estimate of drug-likeness (QED) is 0.238. The molecule has 226 valence electrons. The molecule has 2 amide bonds. The molecular weight excluding hydrogens is 593 g/mol. The summed E-state index contributed by atoms with van der Waals surface area (Å²) < 4.78 is 29.1. The van der Waals surface area contributed by atoms with Crippen molar-refractivity contribution in [1.29, 1.82) is 0 Å². The SMILES string of the molecule is Cc1ccc(S(=O)(=O)N(CC(=O)N(Cc2ccc(Cl)cc2Cl)[C@@H](C)C(=O)NCC(C)C)c2ccc(C(C)C)cc2)cc1. The highest BCUT2D eigenvalue weighted by molar-refractivity contribution is 7.92. The normalized spacial score (nSPS) is 12.3. The van der Waals surface area contributed by atoms with E-state index in [4.69, 9.17) is 23.2 Å². The molecule has 1 N–H and O–H groups in total. The van der Waals surface area contributed by atoms with Crippen molar-refractivity contribution in [1.82, 2.24) is 10.2 Å². The lowest BCUT2D eigenvalue weighted by atomic mass is 10.0. The monoisotopic (exact) mass is 631 g/mol. The average Bonchev–Trinajstić information content (AvgIpc) is 2.94. The van der Waals surface area contributed by atoms with E-state index >= 15 is 0 Å². The Labute approximate surface area is 259 Å². The van der Waals surface area contributed by atoms with E-state index in [1.165, 1.54) is 17.0 Å². The van der Waals surface area contributed by atoms with Gasteiger partial charge in [0, 0.05) is 23.1 Å². The number of carbonyl (C=O) groups excluding carboxylic acids is 2. The van der Waals surface area contributed by atoms with Gasteiger partial charge in [-0.15, -0.1) is 0 Å². The van der Waals surface area contributed by atoms with Gasteiger partial charge in [0.2, 0.25) is 11.8 Å². The summed E-state index contributed by atoms with van der Waals surface area (Å²) in [4.78, 5) is 28.6. The lowest BCUT2D eigenvalue weighted by molar-refractivity contribution is -0.139. The van der Waals surface area contributed by atoms with Crippen molar-refractivity contribution >= 4 is 50.7 Å². The van der Waals surface area contributed by atoms with Crippen LogP contribution in [-0.2, 0) is 26.2 Å². The summed E-state index contributed by atoms with van der Waals surface area (Å²) in [7, 11) is -4.14. The van der Waals surface area contributed by atoms with E-state index in [9.17, 15) is 18.0 Å². The number of rotatable bonds is 12. The van der Waals surface area contributed by atoms with Crippen molar-refractivity contribution in [3.05, 3.63) is 93.5 Å². The zero-order chi connectivity index (χ0) is 31.2. The van der Waals surface area contributed by atoms with Crippen LogP contribution in [0.3, 0.4) is 0 Å². The van der Waals surface area contributed by atoms with Gasteiger partial charge in [-0.05, 0) is 73.2 Å². The second kappa shape index (κ2) is 14.4. The van der Waals surface area contributed by atoms with Crippen molar-refractivity contribution in [2.24, 2.45) is 5.92 Å². The third-order valence-electron chi connectivity index (χ3n) is 6.94. The van der Waals surface area contributed by atoms with E-state index in [0.717, 1.165) is 15.4 Å². The van der Waals surface area contributed by atoms with Gasteiger partial charge in [0.15, 0.2) is 0 Å². The first-order chi connectivity index (χ1) is 19.7. The van der Waals surface area contributed by atoms with Crippen LogP contribution in [-0.4, -0.2) is 44.3 Å². The molecule has 0 heterocycles. The molecule has 3 rings (SSSR count). The van der Waals surface area contributed by atoms with Crippen LogP contribution < -0.4 is 9.62 Å². The summed E-state index contributed by atoms with van der Waals surface area (Å²) in [5.41, 5.74) is 2.86. The molecule has 0 saturated heterocycles. The van der Waals surface area contributed by atoms with E-state index in [-0.39, 0.29) is 29.2 Å². The predicted molar refractivity (Wildman–Crippen MR) is 171 cm³/mol. The topological polar surface area (TPSA) is 86.8 Å².